The normalized spacial score (nSPS) is 10.5. The molecular weight excluding hydrogens is 168 g/mol. The summed E-state index contributed by atoms with van der Waals surface area (Å²) in [5.74, 6) is 0.726. The van der Waals surface area contributed by atoms with Gasteiger partial charge in [0, 0.05) is 12.7 Å². The molecule has 0 radical (unpaired) electrons. The van der Waals surface area contributed by atoms with E-state index in [9.17, 15) is 0 Å². The number of aromatic amines is 1. The first-order valence-electron chi connectivity index (χ1n) is 4.04. The van der Waals surface area contributed by atoms with Crippen LogP contribution in [0.15, 0.2) is 18.6 Å². The Hall–Kier alpha value is -1.62. The summed E-state index contributed by atoms with van der Waals surface area (Å²) in [6.07, 6.45) is 3.30. The Bertz CT molecular complexity index is 398. The molecule has 5 nitrogen and oxygen atoms in total. The molecule has 5 heteroatoms. The largest absolute Gasteiger partial charge is 0.395 e. The van der Waals surface area contributed by atoms with Gasteiger partial charge in [0.2, 0.25) is 0 Å². The van der Waals surface area contributed by atoms with Crippen LogP contribution in [0, 0.1) is 0 Å². The molecule has 0 aliphatic carbocycles. The van der Waals surface area contributed by atoms with Crippen LogP contribution in [0.4, 0.5) is 5.82 Å². The lowest BCUT2D eigenvalue weighted by Crippen LogP contribution is -2.07. The van der Waals surface area contributed by atoms with Gasteiger partial charge in [0.25, 0.3) is 0 Å². The van der Waals surface area contributed by atoms with E-state index in [1.54, 1.807) is 0 Å². The second-order valence-electron chi connectivity index (χ2n) is 2.61. The lowest BCUT2D eigenvalue weighted by atomic mass is 10.4. The Morgan fingerprint density at radius 3 is 3.23 bits per heavy atom. The molecule has 0 unspecified atom stereocenters. The van der Waals surface area contributed by atoms with E-state index in [-0.39, 0.29) is 6.61 Å². The van der Waals surface area contributed by atoms with Crippen LogP contribution < -0.4 is 5.32 Å². The molecule has 0 spiro atoms. The van der Waals surface area contributed by atoms with Gasteiger partial charge >= 0.3 is 0 Å². The lowest BCUT2D eigenvalue weighted by molar-refractivity contribution is 0.311. The van der Waals surface area contributed by atoms with Crippen molar-refractivity contribution in [1.29, 1.82) is 0 Å². The summed E-state index contributed by atoms with van der Waals surface area (Å²) < 4.78 is 0. The first-order chi connectivity index (χ1) is 6.42. The first kappa shape index (κ1) is 8.00. The Morgan fingerprint density at radius 1 is 1.46 bits per heavy atom. The molecule has 0 fully saturated rings. The van der Waals surface area contributed by atoms with Crippen LogP contribution in [-0.4, -0.2) is 33.2 Å². The number of fused-ring (bicyclic) bond motifs is 1. The second kappa shape index (κ2) is 3.40. The molecule has 2 aromatic heterocycles. The number of nitrogens with one attached hydrogen (secondary N) is 2. The van der Waals surface area contributed by atoms with Crippen molar-refractivity contribution >= 4 is 16.9 Å². The average molecular weight is 178 g/mol. The maximum Gasteiger partial charge on any atom is 0.153 e. The first-order valence-corrected chi connectivity index (χ1v) is 4.04. The van der Waals surface area contributed by atoms with Crippen LogP contribution in [0.2, 0.25) is 0 Å². The van der Waals surface area contributed by atoms with Crippen molar-refractivity contribution in [3.8, 4) is 0 Å². The summed E-state index contributed by atoms with van der Waals surface area (Å²) >= 11 is 0. The van der Waals surface area contributed by atoms with E-state index < -0.39 is 0 Å². The third-order valence-electron chi connectivity index (χ3n) is 1.75. The van der Waals surface area contributed by atoms with E-state index in [4.69, 9.17) is 5.11 Å². The maximum absolute atomic E-state index is 8.63. The van der Waals surface area contributed by atoms with Crippen LogP contribution in [-0.2, 0) is 0 Å². The molecular formula is C8H10N4O. The molecule has 0 aliphatic heterocycles. The van der Waals surface area contributed by atoms with Crippen LogP contribution in [0.3, 0.4) is 0 Å². The summed E-state index contributed by atoms with van der Waals surface area (Å²) in [7, 11) is 0. The fraction of sp³-hybridized carbons (Fsp3) is 0.250. The van der Waals surface area contributed by atoms with Crippen molar-refractivity contribution in [3.63, 3.8) is 0 Å². The van der Waals surface area contributed by atoms with E-state index in [0.29, 0.717) is 6.54 Å². The van der Waals surface area contributed by atoms with Gasteiger partial charge in [0.1, 0.15) is 11.8 Å². The molecule has 2 rings (SSSR count). The number of anilines is 1. The number of aliphatic hydroxyl groups is 1. The van der Waals surface area contributed by atoms with Crippen LogP contribution in [0.25, 0.3) is 11.0 Å². The van der Waals surface area contributed by atoms with E-state index in [1.807, 2.05) is 12.3 Å². The smallest absolute Gasteiger partial charge is 0.153 e. The molecule has 3 N–H and O–H groups in total. The monoisotopic (exact) mass is 178 g/mol. The van der Waals surface area contributed by atoms with Gasteiger partial charge in [-0.3, -0.25) is 0 Å². The Kier molecular flexibility index (Phi) is 2.09. The highest BCUT2D eigenvalue weighted by molar-refractivity contribution is 5.85. The fourth-order valence-corrected chi connectivity index (χ4v) is 1.18. The van der Waals surface area contributed by atoms with Gasteiger partial charge in [-0.1, -0.05) is 0 Å². The number of aromatic nitrogens is 3. The highest BCUT2D eigenvalue weighted by Gasteiger charge is 2.02. The number of nitrogens with zero attached hydrogens (tertiary/aromatic N) is 2. The molecule has 2 aromatic rings. The molecule has 0 atom stereocenters. The molecule has 0 aliphatic rings. The molecule has 0 saturated carbocycles. The molecule has 13 heavy (non-hydrogen) atoms. The van der Waals surface area contributed by atoms with Gasteiger partial charge in [0.05, 0.1) is 12.1 Å². The van der Waals surface area contributed by atoms with Crippen LogP contribution >= 0.6 is 0 Å². The van der Waals surface area contributed by atoms with E-state index in [2.05, 4.69) is 20.3 Å². The van der Waals surface area contributed by atoms with Crippen molar-refractivity contribution in [3.05, 3.63) is 18.6 Å². The van der Waals surface area contributed by atoms with Crippen molar-refractivity contribution in [2.24, 2.45) is 0 Å². The minimum absolute atomic E-state index is 0.0895. The minimum atomic E-state index is 0.0895. The quantitative estimate of drug-likeness (QED) is 0.634. The summed E-state index contributed by atoms with van der Waals surface area (Å²) in [6, 6.07) is 1.88. The summed E-state index contributed by atoms with van der Waals surface area (Å²) in [4.78, 5) is 11.1. The van der Waals surface area contributed by atoms with Crippen LogP contribution in [0.5, 0.6) is 0 Å². The lowest BCUT2D eigenvalue weighted by Gasteiger charge is -2.02. The summed E-state index contributed by atoms with van der Waals surface area (Å²) in [5, 5.41) is 11.6. The topological polar surface area (TPSA) is 73.8 Å². The average Bonchev–Trinajstić information content (AvgIpc) is 2.62. The zero-order valence-electron chi connectivity index (χ0n) is 6.99. The number of hydrogen-bond acceptors (Lipinski definition) is 4. The van der Waals surface area contributed by atoms with Gasteiger partial charge in [-0.2, -0.15) is 0 Å². The Morgan fingerprint density at radius 2 is 2.38 bits per heavy atom. The van der Waals surface area contributed by atoms with E-state index >= 15 is 0 Å². The van der Waals surface area contributed by atoms with Crippen molar-refractivity contribution in [2.45, 2.75) is 0 Å². The van der Waals surface area contributed by atoms with E-state index in [1.165, 1.54) is 6.33 Å². The Labute approximate surface area is 74.8 Å². The summed E-state index contributed by atoms with van der Waals surface area (Å²) in [6.45, 7) is 0.581. The third kappa shape index (κ3) is 1.46. The number of aliphatic hydroxyl groups excluding tert-OH is 1. The minimum Gasteiger partial charge on any atom is -0.395 e. The van der Waals surface area contributed by atoms with Gasteiger partial charge < -0.3 is 15.4 Å². The summed E-state index contributed by atoms with van der Waals surface area (Å²) in [5.41, 5.74) is 1.74. The van der Waals surface area contributed by atoms with Crippen molar-refractivity contribution in [2.75, 3.05) is 18.5 Å². The SMILES string of the molecule is OCCNc1ncnc2cc[nH]c12. The highest BCUT2D eigenvalue weighted by atomic mass is 16.3. The number of hydrogen-bond donors (Lipinski definition) is 3. The predicted octanol–water partition coefficient (Wildman–Crippen LogP) is 0.362. The highest BCUT2D eigenvalue weighted by Crippen LogP contribution is 2.15. The zero-order chi connectivity index (χ0) is 9.10. The standard InChI is InChI=1S/C8H10N4O/c13-4-3-10-8-7-6(1-2-9-7)11-5-12-8/h1-2,5,9,13H,3-4H2,(H,10,11,12). The Balaban J connectivity index is 2.37. The second-order valence-corrected chi connectivity index (χ2v) is 2.61. The number of H-pyrrole nitrogens is 1. The molecule has 0 amide bonds. The van der Waals surface area contributed by atoms with Crippen molar-refractivity contribution < 1.29 is 5.11 Å². The molecule has 2 heterocycles. The number of rotatable bonds is 3. The predicted molar refractivity (Wildman–Crippen MR) is 49.5 cm³/mol. The molecule has 0 aromatic carbocycles. The molecule has 68 valence electrons. The van der Waals surface area contributed by atoms with Crippen molar-refractivity contribution in [1.82, 2.24) is 15.0 Å². The third-order valence-corrected chi connectivity index (χ3v) is 1.75. The zero-order valence-corrected chi connectivity index (χ0v) is 6.99. The molecule has 0 saturated heterocycles. The van der Waals surface area contributed by atoms with Gasteiger partial charge in [0.15, 0.2) is 5.82 Å². The van der Waals surface area contributed by atoms with Gasteiger partial charge in [-0.15, -0.1) is 0 Å². The van der Waals surface area contributed by atoms with E-state index in [0.717, 1.165) is 16.9 Å². The molecule has 0 bridgehead atoms. The van der Waals surface area contributed by atoms with Gasteiger partial charge in [-0.25, -0.2) is 9.97 Å². The van der Waals surface area contributed by atoms with Gasteiger partial charge in [-0.05, 0) is 6.07 Å². The fourth-order valence-electron chi connectivity index (χ4n) is 1.18. The maximum atomic E-state index is 8.63. The van der Waals surface area contributed by atoms with Crippen LogP contribution in [0.1, 0.15) is 0 Å².